The third kappa shape index (κ3) is 5.33. The van der Waals surface area contributed by atoms with Crippen LogP contribution in [0.3, 0.4) is 0 Å². The number of nitrogens with one attached hydrogen (secondary N) is 2. The van der Waals surface area contributed by atoms with Crippen LogP contribution in [0.5, 0.6) is 0 Å². The van der Waals surface area contributed by atoms with E-state index in [2.05, 4.69) is 49.9 Å². The van der Waals surface area contributed by atoms with E-state index in [0.717, 1.165) is 35.0 Å². The van der Waals surface area contributed by atoms with Gasteiger partial charge >= 0.3 is 0 Å². The third-order valence-corrected chi connectivity index (χ3v) is 7.23. The molecular formula is C25H33Cl2N3O2. The Balaban J connectivity index is 1.77. The molecule has 0 aliphatic carbocycles. The van der Waals surface area contributed by atoms with Crippen molar-refractivity contribution in [3.8, 4) is 0 Å². The highest BCUT2D eigenvalue weighted by Crippen LogP contribution is 2.37. The zero-order valence-corrected chi connectivity index (χ0v) is 21.4. The molecule has 32 heavy (non-hydrogen) atoms. The average molecular weight is 478 g/mol. The van der Waals surface area contributed by atoms with Gasteiger partial charge in [0.2, 0.25) is 0 Å². The van der Waals surface area contributed by atoms with Crippen LogP contribution >= 0.6 is 23.2 Å². The normalized spacial score (nSPS) is 19.9. The maximum Gasteiger partial charge on any atom is 0.286 e. The number of hydrogen-bond acceptors (Lipinski definition) is 3. The number of halogens is 2. The molecule has 0 bridgehead atoms. The number of benzene rings is 1. The molecule has 0 atom stereocenters. The molecule has 1 aliphatic rings. The van der Waals surface area contributed by atoms with Crippen LogP contribution < -0.4 is 5.32 Å². The fraction of sp³-hybridized carbons (Fsp3) is 0.480. The van der Waals surface area contributed by atoms with Gasteiger partial charge in [0, 0.05) is 33.7 Å². The summed E-state index contributed by atoms with van der Waals surface area (Å²) in [6, 6.07) is 5.70. The molecule has 0 spiro atoms. The monoisotopic (exact) mass is 477 g/mol. The molecule has 1 amide bonds. The van der Waals surface area contributed by atoms with Crippen LogP contribution in [0, 0.1) is 0 Å². The van der Waals surface area contributed by atoms with Crippen molar-refractivity contribution in [1.82, 2.24) is 15.2 Å². The summed E-state index contributed by atoms with van der Waals surface area (Å²) >= 11 is 12.2. The van der Waals surface area contributed by atoms with Crippen molar-refractivity contribution < 1.29 is 9.53 Å². The summed E-state index contributed by atoms with van der Waals surface area (Å²) in [5, 5.41) is 5.18. The lowest BCUT2D eigenvalue weighted by atomic mass is 9.77. The largest absolute Gasteiger partial charge is 0.491 e. The van der Waals surface area contributed by atoms with Crippen molar-refractivity contribution in [3.05, 3.63) is 51.3 Å². The van der Waals surface area contributed by atoms with Crippen molar-refractivity contribution in [2.75, 3.05) is 14.2 Å². The fourth-order valence-corrected chi connectivity index (χ4v) is 5.00. The molecule has 0 unspecified atom stereocenters. The number of rotatable bonds is 5. The van der Waals surface area contributed by atoms with Crippen LogP contribution in [-0.2, 0) is 9.53 Å². The van der Waals surface area contributed by atoms with Crippen LogP contribution in [-0.4, -0.2) is 47.1 Å². The van der Waals surface area contributed by atoms with Gasteiger partial charge < -0.3 is 15.0 Å². The summed E-state index contributed by atoms with van der Waals surface area (Å²) in [6.07, 6.45) is 5.47. The highest BCUT2D eigenvalue weighted by molar-refractivity contribution is 6.42. The average Bonchev–Trinajstić information content (AvgIpc) is 3.04. The number of fused-ring (bicyclic) bond motifs is 1. The van der Waals surface area contributed by atoms with Gasteiger partial charge in [-0.05, 0) is 90.4 Å². The van der Waals surface area contributed by atoms with Crippen molar-refractivity contribution in [2.24, 2.45) is 0 Å². The van der Waals surface area contributed by atoms with Crippen LogP contribution in [0.1, 0.15) is 53.2 Å². The summed E-state index contributed by atoms with van der Waals surface area (Å²) in [7, 11) is 3.67. The second-order valence-corrected chi connectivity index (χ2v) is 10.8. The number of allylic oxidation sites excluding steroid dienone is 2. The second kappa shape index (κ2) is 9.12. The number of H-pyrrole nitrogens is 1. The van der Waals surface area contributed by atoms with Gasteiger partial charge in [-0.2, -0.15) is 0 Å². The second-order valence-electron chi connectivity index (χ2n) is 9.94. The summed E-state index contributed by atoms with van der Waals surface area (Å²) in [5.41, 5.74) is 2.66. The molecule has 1 saturated heterocycles. The van der Waals surface area contributed by atoms with Crippen LogP contribution in [0.25, 0.3) is 17.0 Å². The van der Waals surface area contributed by atoms with Gasteiger partial charge in [0.15, 0.2) is 5.76 Å². The summed E-state index contributed by atoms with van der Waals surface area (Å²) in [6.45, 7) is 10.8. The quantitative estimate of drug-likeness (QED) is 0.307. The van der Waals surface area contributed by atoms with E-state index >= 15 is 0 Å². The van der Waals surface area contributed by atoms with Crippen LogP contribution in [0.2, 0.25) is 10.0 Å². The topological polar surface area (TPSA) is 57.4 Å². The molecule has 7 heteroatoms. The predicted octanol–water partition coefficient (Wildman–Crippen LogP) is 6.18. The summed E-state index contributed by atoms with van der Waals surface area (Å²) in [5.74, 6) is 0.0899. The van der Waals surface area contributed by atoms with E-state index in [0.29, 0.717) is 10.0 Å². The maximum absolute atomic E-state index is 13.0. The molecule has 3 rings (SSSR count). The van der Waals surface area contributed by atoms with E-state index in [-0.39, 0.29) is 28.8 Å². The maximum atomic E-state index is 13.0. The van der Waals surface area contributed by atoms with E-state index in [4.69, 9.17) is 27.9 Å². The van der Waals surface area contributed by atoms with Crippen molar-refractivity contribution in [1.29, 1.82) is 0 Å². The first-order valence-electron chi connectivity index (χ1n) is 10.8. The van der Waals surface area contributed by atoms with Crippen LogP contribution in [0.15, 0.2) is 35.6 Å². The van der Waals surface area contributed by atoms with E-state index in [1.54, 1.807) is 12.1 Å². The van der Waals surface area contributed by atoms with Gasteiger partial charge in [-0.25, -0.2) is 0 Å². The zero-order valence-electron chi connectivity index (χ0n) is 19.9. The number of hydrogen-bond donors (Lipinski definition) is 2. The minimum atomic E-state index is -0.198. The number of carbonyl (C=O) groups is 1. The number of ether oxygens (including phenoxy) is 1. The first kappa shape index (κ1) is 24.7. The van der Waals surface area contributed by atoms with Gasteiger partial charge in [0.05, 0.1) is 17.2 Å². The third-order valence-electron chi connectivity index (χ3n) is 6.51. The number of nitrogens with zero attached hydrogens (tertiary/aromatic N) is 1. The van der Waals surface area contributed by atoms with Crippen molar-refractivity contribution in [2.45, 2.75) is 64.6 Å². The number of aromatic nitrogens is 1. The summed E-state index contributed by atoms with van der Waals surface area (Å²) in [4.78, 5) is 18.7. The minimum absolute atomic E-state index is 0.00607. The molecule has 2 aromatic rings. The van der Waals surface area contributed by atoms with Gasteiger partial charge in [-0.15, -0.1) is 0 Å². The van der Waals surface area contributed by atoms with Gasteiger partial charge in [-0.3, -0.25) is 9.69 Å². The summed E-state index contributed by atoms with van der Waals surface area (Å²) < 4.78 is 5.43. The lowest BCUT2D eigenvalue weighted by molar-refractivity contribution is -0.122. The van der Waals surface area contributed by atoms with E-state index in [9.17, 15) is 4.79 Å². The molecule has 1 fully saturated rings. The predicted molar refractivity (Wildman–Crippen MR) is 134 cm³/mol. The molecule has 2 N–H and O–H groups in total. The number of aromatic amines is 1. The Morgan fingerprint density at radius 3 is 2.34 bits per heavy atom. The molecule has 1 aromatic heterocycles. The van der Waals surface area contributed by atoms with Gasteiger partial charge in [0.25, 0.3) is 5.91 Å². The highest BCUT2D eigenvalue weighted by atomic mass is 35.5. The zero-order chi connectivity index (χ0) is 23.8. The van der Waals surface area contributed by atoms with Gasteiger partial charge in [0.1, 0.15) is 0 Å². The van der Waals surface area contributed by atoms with E-state index in [1.165, 1.54) is 7.11 Å². The van der Waals surface area contributed by atoms with E-state index in [1.807, 2.05) is 25.1 Å². The van der Waals surface area contributed by atoms with Crippen LogP contribution in [0.4, 0.5) is 0 Å². The van der Waals surface area contributed by atoms with E-state index < -0.39 is 0 Å². The number of piperidine rings is 1. The Hall–Kier alpha value is -1.95. The highest BCUT2D eigenvalue weighted by Gasteiger charge is 2.43. The number of likely N-dealkylation sites (tertiary alicyclic amines) is 1. The number of amides is 1. The standard InChI is InChI=1S/C25H33Cl2N3O2/c1-15(8-17-10-16-11-19(26)20(27)12-21(16)28-17)9-22(32-7)23(31)29-18-13-24(2,3)30(6)25(4,5)14-18/h8-12,18,28H,13-14H2,1-7H3,(H,29,31)/b15-8+,22-9-. The Labute approximate surface area is 200 Å². The molecule has 5 nitrogen and oxygen atoms in total. The number of carbonyl (C=O) groups excluding carboxylic acids is 1. The first-order chi connectivity index (χ1) is 14.8. The lowest BCUT2D eigenvalue weighted by Gasteiger charge is -2.53. The SMILES string of the molecule is CO/C(=C\C(C)=C\c1cc2cc(Cl)c(Cl)cc2[nH]1)C(=O)NC1CC(C)(C)N(C)C(C)(C)C1. The Morgan fingerprint density at radius 1 is 1.16 bits per heavy atom. The smallest absolute Gasteiger partial charge is 0.286 e. The molecule has 1 aromatic carbocycles. The Bertz CT molecular complexity index is 1030. The fourth-order valence-electron chi connectivity index (χ4n) is 4.67. The van der Waals surface area contributed by atoms with Crippen molar-refractivity contribution in [3.63, 3.8) is 0 Å². The molecule has 0 radical (unpaired) electrons. The molecule has 1 aliphatic heterocycles. The Morgan fingerprint density at radius 2 is 1.75 bits per heavy atom. The van der Waals surface area contributed by atoms with Gasteiger partial charge in [-0.1, -0.05) is 23.2 Å². The lowest BCUT2D eigenvalue weighted by Crippen LogP contribution is -2.62. The Kier molecular flexibility index (Phi) is 7.04. The molecular weight excluding hydrogens is 445 g/mol. The molecule has 0 saturated carbocycles. The minimum Gasteiger partial charge on any atom is -0.491 e. The molecule has 2 heterocycles. The first-order valence-corrected chi connectivity index (χ1v) is 11.5. The molecule has 174 valence electrons. The van der Waals surface area contributed by atoms with Crippen molar-refractivity contribution >= 4 is 46.1 Å². The number of methoxy groups -OCH3 is 1.